The van der Waals surface area contributed by atoms with Gasteiger partial charge in [-0.25, -0.2) is 9.37 Å². The third-order valence-corrected chi connectivity index (χ3v) is 3.36. The lowest BCUT2D eigenvalue weighted by Crippen LogP contribution is -1.88. The lowest BCUT2D eigenvalue weighted by Gasteiger charge is -2.08. The molecule has 2 nitrogen and oxygen atoms in total. The zero-order valence-corrected chi connectivity index (χ0v) is 10.5. The van der Waals surface area contributed by atoms with Crippen LogP contribution >= 0.6 is 23.2 Å². The molecule has 3 aromatic rings. The molecule has 0 bridgehead atoms. The second-order valence-electron chi connectivity index (χ2n) is 3.77. The van der Waals surface area contributed by atoms with Gasteiger partial charge in [0.05, 0.1) is 15.6 Å². The standard InChI is InChI=1S/C13H6Cl2FN2/c14-8-5-10-13(18-6-17-10)12(15)11(8)7-3-1-2-4-9(7)16/h1-5H,(H,17,18). The van der Waals surface area contributed by atoms with Gasteiger partial charge < -0.3 is 4.98 Å². The van der Waals surface area contributed by atoms with Crippen LogP contribution in [0, 0.1) is 12.1 Å². The molecule has 3 rings (SSSR count). The first-order valence-corrected chi connectivity index (χ1v) is 5.92. The van der Waals surface area contributed by atoms with Crippen molar-refractivity contribution < 1.29 is 4.39 Å². The Morgan fingerprint density at radius 2 is 2.00 bits per heavy atom. The molecular weight excluding hydrogens is 274 g/mol. The highest BCUT2D eigenvalue weighted by Gasteiger charge is 2.16. The largest absolute Gasteiger partial charge is 0.335 e. The van der Waals surface area contributed by atoms with E-state index in [0.717, 1.165) is 0 Å². The molecule has 89 valence electrons. The van der Waals surface area contributed by atoms with Gasteiger partial charge in [0.15, 0.2) is 6.33 Å². The molecule has 1 radical (unpaired) electrons. The second kappa shape index (κ2) is 4.26. The fourth-order valence-electron chi connectivity index (χ4n) is 1.87. The third kappa shape index (κ3) is 1.67. The van der Waals surface area contributed by atoms with Crippen LogP contribution in [0.2, 0.25) is 10.0 Å². The van der Waals surface area contributed by atoms with E-state index < -0.39 is 0 Å². The lowest BCUT2D eigenvalue weighted by atomic mass is 10.0. The van der Waals surface area contributed by atoms with Crippen molar-refractivity contribution in [2.24, 2.45) is 0 Å². The van der Waals surface area contributed by atoms with Crippen molar-refractivity contribution in [1.29, 1.82) is 0 Å². The summed E-state index contributed by atoms with van der Waals surface area (Å²) in [6, 6.07) is 8.00. The summed E-state index contributed by atoms with van der Waals surface area (Å²) in [6.45, 7) is 0. The van der Waals surface area contributed by atoms with Crippen LogP contribution in [-0.2, 0) is 0 Å². The van der Waals surface area contributed by atoms with Crippen LogP contribution in [0.25, 0.3) is 22.2 Å². The van der Waals surface area contributed by atoms with Crippen molar-refractivity contribution in [1.82, 2.24) is 9.97 Å². The molecular formula is C13H6Cl2FN2. The number of fused-ring (bicyclic) bond motifs is 1. The van der Waals surface area contributed by atoms with Gasteiger partial charge in [0, 0.05) is 11.1 Å². The monoisotopic (exact) mass is 279 g/mol. The van der Waals surface area contributed by atoms with Crippen molar-refractivity contribution in [3.05, 3.63) is 52.5 Å². The molecule has 0 spiro atoms. The highest BCUT2D eigenvalue weighted by Crippen LogP contribution is 2.39. The molecule has 0 aliphatic carbocycles. The first kappa shape index (κ1) is 11.5. The Labute approximate surface area is 112 Å². The predicted octanol–water partition coefficient (Wildman–Crippen LogP) is 4.48. The van der Waals surface area contributed by atoms with Crippen LogP contribution in [0.1, 0.15) is 0 Å². The average molecular weight is 280 g/mol. The number of hydrogen-bond acceptors (Lipinski definition) is 1. The maximum atomic E-state index is 13.8. The van der Waals surface area contributed by atoms with E-state index in [4.69, 9.17) is 23.2 Å². The lowest BCUT2D eigenvalue weighted by molar-refractivity contribution is 0.631. The zero-order chi connectivity index (χ0) is 12.7. The van der Waals surface area contributed by atoms with E-state index in [-0.39, 0.29) is 5.82 Å². The van der Waals surface area contributed by atoms with E-state index in [9.17, 15) is 4.39 Å². The van der Waals surface area contributed by atoms with Gasteiger partial charge >= 0.3 is 0 Å². The second-order valence-corrected chi connectivity index (χ2v) is 4.56. The van der Waals surface area contributed by atoms with Crippen LogP contribution in [0.15, 0.2) is 30.3 Å². The molecule has 5 heteroatoms. The molecule has 0 saturated carbocycles. The summed E-state index contributed by atoms with van der Waals surface area (Å²) in [5, 5.41) is 0.690. The van der Waals surface area contributed by atoms with E-state index in [0.29, 0.717) is 32.2 Å². The van der Waals surface area contributed by atoms with E-state index in [1.54, 1.807) is 24.3 Å². The minimum atomic E-state index is -0.375. The Bertz CT molecular complexity index is 737. The summed E-state index contributed by atoms with van der Waals surface area (Å²) in [4.78, 5) is 6.78. The fraction of sp³-hybridized carbons (Fsp3) is 0. The maximum Gasteiger partial charge on any atom is 0.174 e. The summed E-state index contributed by atoms with van der Waals surface area (Å²) in [6.07, 6.45) is 2.59. The minimum absolute atomic E-state index is 0.320. The fourth-order valence-corrected chi connectivity index (χ4v) is 2.57. The first-order chi connectivity index (χ1) is 8.68. The van der Waals surface area contributed by atoms with Gasteiger partial charge in [-0.15, -0.1) is 0 Å². The third-order valence-electron chi connectivity index (χ3n) is 2.69. The van der Waals surface area contributed by atoms with Crippen LogP contribution < -0.4 is 0 Å². The highest BCUT2D eigenvalue weighted by atomic mass is 35.5. The van der Waals surface area contributed by atoms with E-state index >= 15 is 0 Å². The molecule has 0 atom stereocenters. The number of aromatic amines is 1. The highest BCUT2D eigenvalue weighted by molar-refractivity contribution is 6.42. The van der Waals surface area contributed by atoms with Crippen molar-refractivity contribution in [3.8, 4) is 11.1 Å². The smallest absolute Gasteiger partial charge is 0.174 e. The number of hydrogen-bond donors (Lipinski definition) is 1. The summed E-state index contributed by atoms with van der Waals surface area (Å²) < 4.78 is 13.8. The summed E-state index contributed by atoms with van der Waals surface area (Å²) >= 11 is 12.4. The van der Waals surface area contributed by atoms with Gasteiger partial charge in [0.1, 0.15) is 11.3 Å². The SMILES string of the molecule is Fc1ccccc1-c1c(Cl)cc2[nH][c]nc2c1Cl. The van der Waals surface area contributed by atoms with Crippen LogP contribution in [0.5, 0.6) is 0 Å². The number of benzene rings is 2. The van der Waals surface area contributed by atoms with Gasteiger partial charge in [-0.3, -0.25) is 0 Å². The van der Waals surface area contributed by atoms with Crippen molar-refractivity contribution >= 4 is 34.2 Å². The quantitative estimate of drug-likeness (QED) is 0.699. The van der Waals surface area contributed by atoms with Crippen LogP contribution in [0.3, 0.4) is 0 Å². The molecule has 18 heavy (non-hydrogen) atoms. The number of imidazole rings is 1. The molecule has 1 aromatic heterocycles. The zero-order valence-electron chi connectivity index (χ0n) is 8.97. The van der Waals surface area contributed by atoms with Gasteiger partial charge in [0.2, 0.25) is 0 Å². The van der Waals surface area contributed by atoms with Crippen LogP contribution in [-0.4, -0.2) is 9.97 Å². The first-order valence-electron chi connectivity index (χ1n) is 5.17. The molecule has 0 unspecified atom stereocenters. The minimum Gasteiger partial charge on any atom is -0.335 e. The van der Waals surface area contributed by atoms with Crippen molar-refractivity contribution in [3.63, 3.8) is 0 Å². The molecule has 2 aromatic carbocycles. The van der Waals surface area contributed by atoms with Gasteiger partial charge in [-0.1, -0.05) is 41.4 Å². The number of nitrogens with zero attached hydrogens (tertiary/aromatic N) is 1. The number of nitrogens with one attached hydrogen (secondary N) is 1. The Hall–Kier alpha value is -1.58. The Morgan fingerprint density at radius 1 is 1.22 bits per heavy atom. The normalized spacial score (nSPS) is 11.1. The topological polar surface area (TPSA) is 28.7 Å². The Balaban J connectivity index is 2.39. The van der Waals surface area contributed by atoms with Crippen molar-refractivity contribution in [2.75, 3.05) is 0 Å². The number of aromatic nitrogens is 2. The predicted molar refractivity (Wildman–Crippen MR) is 70.3 cm³/mol. The molecule has 1 heterocycles. The number of halogens is 3. The van der Waals surface area contributed by atoms with Crippen molar-refractivity contribution in [2.45, 2.75) is 0 Å². The van der Waals surface area contributed by atoms with Gasteiger partial charge in [0.25, 0.3) is 0 Å². The van der Waals surface area contributed by atoms with Gasteiger partial charge in [-0.2, -0.15) is 0 Å². The maximum absolute atomic E-state index is 13.8. The summed E-state index contributed by atoms with van der Waals surface area (Å²) in [7, 11) is 0. The molecule has 1 N–H and O–H groups in total. The molecule has 0 aliphatic heterocycles. The van der Waals surface area contributed by atoms with E-state index in [2.05, 4.69) is 16.3 Å². The summed E-state index contributed by atoms with van der Waals surface area (Å²) in [5.41, 5.74) is 2.01. The van der Waals surface area contributed by atoms with E-state index in [1.165, 1.54) is 6.07 Å². The van der Waals surface area contributed by atoms with Gasteiger partial charge in [-0.05, 0) is 12.1 Å². The summed E-state index contributed by atoms with van der Waals surface area (Å²) in [5.74, 6) is -0.375. The number of H-pyrrole nitrogens is 1. The Kier molecular flexibility index (Phi) is 2.73. The molecule has 0 aliphatic rings. The molecule has 0 fully saturated rings. The van der Waals surface area contributed by atoms with Crippen LogP contribution in [0.4, 0.5) is 4.39 Å². The number of rotatable bonds is 1. The molecule has 0 saturated heterocycles. The Morgan fingerprint density at radius 3 is 2.78 bits per heavy atom. The van der Waals surface area contributed by atoms with E-state index in [1.807, 2.05) is 0 Å². The molecule has 0 amide bonds. The average Bonchev–Trinajstić information content (AvgIpc) is 2.79.